The molecule has 0 aromatic heterocycles. The van der Waals surface area contributed by atoms with E-state index in [1.54, 1.807) is 0 Å². The largest absolute Gasteiger partial charge is 0.392 e. The predicted molar refractivity (Wildman–Crippen MR) is 150 cm³/mol. The Kier molecular flexibility index (Phi) is 12.7. The van der Waals surface area contributed by atoms with Gasteiger partial charge in [-0.1, -0.05) is 75.7 Å². The predicted octanol–water partition coefficient (Wildman–Crippen LogP) is 3.55. The van der Waals surface area contributed by atoms with Crippen molar-refractivity contribution in [3.8, 4) is 0 Å². The summed E-state index contributed by atoms with van der Waals surface area (Å²) >= 11 is 0. The highest BCUT2D eigenvalue weighted by molar-refractivity contribution is 5.77. The molecule has 1 aliphatic rings. The topological polar surface area (TPSA) is 139 Å². The molecule has 7 atom stereocenters. The molecule has 0 saturated heterocycles. The normalized spacial score (nSPS) is 26.1. The fourth-order valence-electron chi connectivity index (χ4n) is 6.16. The maximum atomic E-state index is 13.1. The van der Waals surface area contributed by atoms with Gasteiger partial charge in [-0.15, -0.1) is 0 Å². The summed E-state index contributed by atoms with van der Waals surface area (Å²) in [6, 6.07) is -0.811. The number of aliphatic hydroxyl groups is 5. The van der Waals surface area contributed by atoms with E-state index in [9.17, 15) is 30.3 Å². The summed E-state index contributed by atoms with van der Waals surface area (Å²) in [7, 11) is 0. The van der Waals surface area contributed by atoms with Crippen molar-refractivity contribution in [1.82, 2.24) is 5.32 Å². The summed E-state index contributed by atoms with van der Waals surface area (Å²) in [4.78, 5) is 13.1. The van der Waals surface area contributed by atoms with Crippen LogP contribution in [-0.2, 0) is 9.53 Å². The van der Waals surface area contributed by atoms with E-state index in [0.717, 1.165) is 19.3 Å². The Bertz CT molecular complexity index is 731. The minimum Gasteiger partial charge on any atom is -0.392 e. The second-order valence-electron chi connectivity index (χ2n) is 15.3. The molecule has 7 unspecified atom stereocenters. The number of nitrogens with one attached hydrogen (secondary N) is 1. The molecule has 0 spiro atoms. The van der Waals surface area contributed by atoms with Gasteiger partial charge in [-0.3, -0.25) is 4.79 Å². The molecule has 0 bridgehead atoms. The van der Waals surface area contributed by atoms with Crippen LogP contribution >= 0.6 is 0 Å². The van der Waals surface area contributed by atoms with Gasteiger partial charge in [-0.2, -0.15) is 0 Å². The van der Waals surface area contributed by atoms with Gasteiger partial charge in [0.05, 0.1) is 37.1 Å². The zero-order valence-corrected chi connectivity index (χ0v) is 25.8. The fourth-order valence-corrected chi connectivity index (χ4v) is 6.16. The van der Waals surface area contributed by atoms with Crippen LogP contribution in [0.4, 0.5) is 0 Å². The minimum absolute atomic E-state index is 0.0350. The van der Waals surface area contributed by atoms with Crippen molar-refractivity contribution >= 4 is 5.91 Å². The van der Waals surface area contributed by atoms with Crippen molar-refractivity contribution in [2.45, 2.75) is 157 Å². The third-order valence-electron chi connectivity index (χ3n) is 8.08. The number of carbonyl (C=O) groups is 1. The van der Waals surface area contributed by atoms with E-state index < -0.39 is 48.1 Å². The first-order chi connectivity index (χ1) is 17.1. The molecule has 0 aromatic rings. The number of carbonyl (C=O) groups excluding carboxylic acids is 1. The summed E-state index contributed by atoms with van der Waals surface area (Å²) < 4.78 is 5.90. The first kappa shape index (κ1) is 35.3. The molecule has 1 amide bonds. The molecule has 0 radical (unpaired) electrons. The Morgan fingerprint density at radius 1 is 0.895 bits per heavy atom. The molecule has 226 valence electrons. The number of aliphatic hydroxyl groups excluding tert-OH is 5. The molecule has 1 saturated carbocycles. The number of hydrogen-bond acceptors (Lipinski definition) is 7. The van der Waals surface area contributed by atoms with Gasteiger partial charge >= 0.3 is 0 Å². The van der Waals surface area contributed by atoms with Gasteiger partial charge in [-0.25, -0.2) is 0 Å². The Labute approximate surface area is 231 Å². The van der Waals surface area contributed by atoms with Crippen LogP contribution in [0.15, 0.2) is 0 Å². The lowest BCUT2D eigenvalue weighted by atomic mass is 9.70. The maximum absolute atomic E-state index is 13.1. The van der Waals surface area contributed by atoms with Crippen molar-refractivity contribution < 1.29 is 35.1 Å². The molecule has 38 heavy (non-hydrogen) atoms. The SMILES string of the molecule is CCC(C)(C)CC(C)(C)C(O)CC(O)C(COC1CCC(O)C(O)C1O)NC(=O)CC(C)(C)CC(C)(C)C. The van der Waals surface area contributed by atoms with E-state index >= 15 is 0 Å². The van der Waals surface area contributed by atoms with Crippen molar-refractivity contribution in [3.63, 3.8) is 0 Å². The van der Waals surface area contributed by atoms with Crippen LogP contribution in [-0.4, -0.2) is 80.7 Å². The van der Waals surface area contributed by atoms with Crippen LogP contribution in [0.3, 0.4) is 0 Å². The van der Waals surface area contributed by atoms with Crippen LogP contribution in [0.2, 0.25) is 0 Å². The molecule has 0 aromatic carbocycles. The lowest BCUT2D eigenvalue weighted by Crippen LogP contribution is -2.53. The van der Waals surface area contributed by atoms with E-state index in [4.69, 9.17) is 4.74 Å². The lowest BCUT2D eigenvalue weighted by molar-refractivity contribution is -0.158. The molecule has 8 heteroatoms. The highest BCUT2D eigenvalue weighted by atomic mass is 16.5. The first-order valence-corrected chi connectivity index (χ1v) is 14.4. The van der Waals surface area contributed by atoms with Crippen molar-refractivity contribution in [3.05, 3.63) is 0 Å². The van der Waals surface area contributed by atoms with Crippen molar-refractivity contribution in [1.29, 1.82) is 0 Å². The van der Waals surface area contributed by atoms with Gasteiger partial charge in [0, 0.05) is 12.8 Å². The minimum atomic E-state index is -1.31. The monoisotopic (exact) mass is 545 g/mol. The van der Waals surface area contributed by atoms with Crippen LogP contribution in [0.25, 0.3) is 0 Å². The van der Waals surface area contributed by atoms with Gasteiger partial charge in [0.1, 0.15) is 12.2 Å². The smallest absolute Gasteiger partial charge is 0.220 e. The van der Waals surface area contributed by atoms with Gasteiger partial charge in [0.15, 0.2) is 0 Å². The number of amides is 1. The Balaban J connectivity index is 3.00. The molecular weight excluding hydrogens is 486 g/mol. The average Bonchev–Trinajstić information content (AvgIpc) is 2.73. The number of ether oxygens (including phenoxy) is 1. The molecular formula is C30H59NO7. The van der Waals surface area contributed by atoms with Crippen LogP contribution in [0, 0.1) is 21.7 Å². The van der Waals surface area contributed by atoms with Crippen LogP contribution in [0.5, 0.6) is 0 Å². The van der Waals surface area contributed by atoms with Crippen molar-refractivity contribution in [2.75, 3.05) is 6.61 Å². The summed E-state index contributed by atoms with van der Waals surface area (Å²) in [6.07, 6.45) is -2.69. The summed E-state index contributed by atoms with van der Waals surface area (Å²) in [6.45, 7) is 20.8. The number of hydrogen-bond donors (Lipinski definition) is 6. The highest BCUT2D eigenvalue weighted by Crippen LogP contribution is 2.40. The van der Waals surface area contributed by atoms with Gasteiger partial charge in [0.2, 0.25) is 5.91 Å². The maximum Gasteiger partial charge on any atom is 0.220 e. The molecule has 6 N–H and O–H groups in total. The van der Waals surface area contributed by atoms with E-state index in [0.29, 0.717) is 6.42 Å². The van der Waals surface area contributed by atoms with Gasteiger partial charge in [0.25, 0.3) is 0 Å². The van der Waals surface area contributed by atoms with E-state index in [-0.39, 0.29) is 48.0 Å². The van der Waals surface area contributed by atoms with Crippen molar-refractivity contribution in [2.24, 2.45) is 21.7 Å². The quantitative estimate of drug-likeness (QED) is 0.196. The summed E-state index contributed by atoms with van der Waals surface area (Å²) in [5.74, 6) is -0.215. The van der Waals surface area contributed by atoms with Gasteiger partial charge in [-0.05, 0) is 47.3 Å². The molecule has 0 heterocycles. The zero-order chi connectivity index (χ0) is 29.7. The second-order valence-corrected chi connectivity index (χ2v) is 15.3. The van der Waals surface area contributed by atoms with E-state index in [1.165, 1.54) is 0 Å². The average molecular weight is 546 g/mol. The van der Waals surface area contributed by atoms with E-state index in [2.05, 4.69) is 46.9 Å². The standard InChI is InChI=1S/C30H59NO7/c1-11-28(5,6)18-30(9,10)23(34)14-21(33)19(16-38-22-13-12-20(32)25(36)26(22)37)31-24(35)15-29(7,8)17-27(2,3)4/h19-23,25-26,32-34,36-37H,11-18H2,1-10H3,(H,31,35). The van der Waals surface area contributed by atoms with Crippen LogP contribution in [0.1, 0.15) is 114 Å². The molecule has 1 fully saturated rings. The summed E-state index contributed by atoms with van der Waals surface area (Å²) in [5, 5.41) is 55.5. The Hall–Kier alpha value is -0.770. The summed E-state index contributed by atoms with van der Waals surface area (Å²) in [5.41, 5.74) is -0.625. The molecule has 8 nitrogen and oxygen atoms in total. The molecule has 0 aliphatic heterocycles. The first-order valence-electron chi connectivity index (χ1n) is 14.4. The Morgan fingerprint density at radius 2 is 1.47 bits per heavy atom. The van der Waals surface area contributed by atoms with E-state index in [1.807, 2.05) is 27.7 Å². The van der Waals surface area contributed by atoms with Crippen LogP contribution < -0.4 is 5.32 Å². The number of rotatable bonds is 14. The third kappa shape index (κ3) is 11.8. The second kappa shape index (κ2) is 13.7. The zero-order valence-electron chi connectivity index (χ0n) is 25.8. The Morgan fingerprint density at radius 3 is 2.00 bits per heavy atom. The molecule has 1 rings (SSSR count). The lowest BCUT2D eigenvalue weighted by Gasteiger charge is -2.40. The molecule has 1 aliphatic carbocycles. The third-order valence-corrected chi connectivity index (χ3v) is 8.08. The fraction of sp³-hybridized carbons (Fsp3) is 0.967. The highest BCUT2D eigenvalue weighted by Gasteiger charge is 2.40. The van der Waals surface area contributed by atoms with Gasteiger partial charge < -0.3 is 35.6 Å².